The van der Waals surface area contributed by atoms with Gasteiger partial charge in [-0.2, -0.15) is 4.98 Å². The van der Waals surface area contributed by atoms with Crippen LogP contribution in [-0.4, -0.2) is 47.4 Å². The maximum atomic E-state index is 9.00. The number of pyridine rings is 1. The van der Waals surface area contributed by atoms with Gasteiger partial charge in [0.15, 0.2) is 11.5 Å². The van der Waals surface area contributed by atoms with Crippen molar-refractivity contribution in [2.75, 3.05) is 38.0 Å². The molecule has 0 atom stereocenters. The zero-order valence-corrected chi connectivity index (χ0v) is 15.8. The summed E-state index contributed by atoms with van der Waals surface area (Å²) in [7, 11) is 3.19. The molecule has 1 aromatic carbocycles. The fourth-order valence-corrected chi connectivity index (χ4v) is 2.60. The number of hydrogen-bond acceptors (Lipinski definition) is 8. The monoisotopic (exact) mass is 381 g/mol. The predicted molar refractivity (Wildman–Crippen MR) is 108 cm³/mol. The predicted octanol–water partition coefficient (Wildman–Crippen LogP) is 3.09. The van der Waals surface area contributed by atoms with Crippen molar-refractivity contribution in [3.8, 4) is 22.8 Å². The first-order chi connectivity index (χ1) is 13.7. The maximum absolute atomic E-state index is 9.00. The third-order valence-electron chi connectivity index (χ3n) is 3.98. The summed E-state index contributed by atoms with van der Waals surface area (Å²) in [5.41, 5.74) is 2.49. The number of benzene rings is 1. The van der Waals surface area contributed by atoms with E-state index in [-0.39, 0.29) is 6.61 Å². The van der Waals surface area contributed by atoms with E-state index in [4.69, 9.17) is 14.6 Å². The zero-order chi connectivity index (χ0) is 19.8. The van der Waals surface area contributed by atoms with E-state index >= 15 is 0 Å². The third-order valence-corrected chi connectivity index (χ3v) is 3.98. The van der Waals surface area contributed by atoms with E-state index in [2.05, 4.69) is 25.6 Å². The maximum Gasteiger partial charge on any atom is 0.225 e. The van der Waals surface area contributed by atoms with Gasteiger partial charge in [-0.1, -0.05) is 0 Å². The second-order valence-corrected chi connectivity index (χ2v) is 5.90. The molecule has 0 bridgehead atoms. The highest BCUT2D eigenvalue weighted by Crippen LogP contribution is 2.31. The van der Waals surface area contributed by atoms with Crippen molar-refractivity contribution in [1.29, 1.82) is 0 Å². The van der Waals surface area contributed by atoms with E-state index in [1.54, 1.807) is 26.6 Å². The van der Waals surface area contributed by atoms with E-state index in [1.165, 1.54) is 0 Å². The molecule has 2 heterocycles. The first kappa shape index (κ1) is 19.4. The third kappa shape index (κ3) is 4.86. The van der Waals surface area contributed by atoms with Crippen LogP contribution in [0.4, 0.5) is 17.5 Å². The lowest BCUT2D eigenvalue weighted by Crippen LogP contribution is -2.08. The van der Waals surface area contributed by atoms with Crippen LogP contribution in [0.15, 0.2) is 48.8 Å². The average Bonchev–Trinajstić information content (AvgIpc) is 2.74. The highest BCUT2D eigenvalue weighted by atomic mass is 16.5. The summed E-state index contributed by atoms with van der Waals surface area (Å²) in [5.74, 6) is 2.38. The van der Waals surface area contributed by atoms with Crippen molar-refractivity contribution >= 4 is 17.5 Å². The first-order valence-corrected chi connectivity index (χ1v) is 8.86. The molecule has 28 heavy (non-hydrogen) atoms. The van der Waals surface area contributed by atoms with Crippen LogP contribution in [0.5, 0.6) is 11.5 Å². The van der Waals surface area contributed by atoms with Gasteiger partial charge in [-0.15, -0.1) is 0 Å². The number of aliphatic hydroxyl groups excluding tert-OH is 1. The van der Waals surface area contributed by atoms with Gasteiger partial charge in [0, 0.05) is 48.9 Å². The van der Waals surface area contributed by atoms with Gasteiger partial charge in [-0.05, 0) is 30.7 Å². The molecule has 0 unspecified atom stereocenters. The molecule has 0 aliphatic rings. The van der Waals surface area contributed by atoms with Crippen LogP contribution in [0, 0.1) is 0 Å². The molecule has 8 nitrogen and oxygen atoms in total. The SMILES string of the molecule is COc1ccc(Nc2cc(-c3ccncc3)nc(NCCCO)n2)cc1OC. The number of aliphatic hydroxyl groups is 1. The summed E-state index contributed by atoms with van der Waals surface area (Å²) >= 11 is 0. The summed E-state index contributed by atoms with van der Waals surface area (Å²) in [6, 6.07) is 11.2. The van der Waals surface area contributed by atoms with E-state index in [0.29, 0.717) is 36.2 Å². The minimum Gasteiger partial charge on any atom is -0.493 e. The Kier molecular flexibility index (Phi) is 6.59. The smallest absolute Gasteiger partial charge is 0.225 e. The number of aromatic nitrogens is 3. The van der Waals surface area contributed by atoms with Crippen molar-refractivity contribution in [2.24, 2.45) is 0 Å². The van der Waals surface area contributed by atoms with Gasteiger partial charge in [-0.3, -0.25) is 4.98 Å². The lowest BCUT2D eigenvalue weighted by Gasteiger charge is -2.13. The molecule has 3 N–H and O–H groups in total. The Labute approximate surface area is 163 Å². The molecule has 2 aromatic heterocycles. The molecule has 0 aliphatic heterocycles. The van der Waals surface area contributed by atoms with Gasteiger partial charge in [0.2, 0.25) is 5.95 Å². The highest BCUT2D eigenvalue weighted by molar-refractivity contribution is 5.68. The van der Waals surface area contributed by atoms with E-state index < -0.39 is 0 Å². The number of nitrogens with zero attached hydrogens (tertiary/aromatic N) is 3. The van der Waals surface area contributed by atoms with E-state index in [1.807, 2.05) is 36.4 Å². The van der Waals surface area contributed by atoms with Crippen molar-refractivity contribution < 1.29 is 14.6 Å². The lowest BCUT2D eigenvalue weighted by atomic mass is 10.2. The highest BCUT2D eigenvalue weighted by Gasteiger charge is 2.09. The molecule has 0 aliphatic carbocycles. The van der Waals surface area contributed by atoms with Crippen molar-refractivity contribution in [3.63, 3.8) is 0 Å². The molecule has 8 heteroatoms. The fourth-order valence-electron chi connectivity index (χ4n) is 2.60. The number of rotatable bonds is 9. The van der Waals surface area contributed by atoms with Gasteiger partial charge in [-0.25, -0.2) is 4.98 Å². The van der Waals surface area contributed by atoms with Crippen LogP contribution in [0.25, 0.3) is 11.3 Å². The van der Waals surface area contributed by atoms with Crippen LogP contribution in [-0.2, 0) is 0 Å². The minimum atomic E-state index is 0.105. The number of methoxy groups -OCH3 is 2. The second-order valence-electron chi connectivity index (χ2n) is 5.90. The molecule has 0 amide bonds. The Morgan fingerprint density at radius 2 is 1.75 bits per heavy atom. The Morgan fingerprint density at radius 3 is 2.46 bits per heavy atom. The summed E-state index contributed by atoms with van der Waals surface area (Å²) in [4.78, 5) is 13.1. The molecule has 0 fully saturated rings. The number of ether oxygens (including phenoxy) is 2. The number of anilines is 3. The number of nitrogens with one attached hydrogen (secondary N) is 2. The molecule has 0 spiro atoms. The summed E-state index contributed by atoms with van der Waals surface area (Å²) < 4.78 is 10.6. The molecule has 3 aromatic rings. The van der Waals surface area contributed by atoms with E-state index in [0.717, 1.165) is 16.9 Å². The normalized spacial score (nSPS) is 10.4. The van der Waals surface area contributed by atoms with Crippen molar-refractivity contribution in [3.05, 3.63) is 48.8 Å². The zero-order valence-electron chi connectivity index (χ0n) is 15.8. The molecular formula is C20H23N5O3. The molecule has 146 valence electrons. The average molecular weight is 381 g/mol. The van der Waals surface area contributed by atoms with Gasteiger partial charge in [0.1, 0.15) is 5.82 Å². The Bertz CT molecular complexity index is 906. The standard InChI is InChI=1S/C20H23N5O3/c1-27-17-5-4-15(12-18(17)28-2)23-19-13-16(14-6-9-21-10-7-14)24-20(25-19)22-8-3-11-26/h4-7,9-10,12-13,26H,3,8,11H2,1-2H3,(H2,22,23,24,25). The van der Waals surface area contributed by atoms with Crippen molar-refractivity contribution in [1.82, 2.24) is 15.0 Å². The molecular weight excluding hydrogens is 358 g/mol. The Balaban J connectivity index is 1.91. The summed E-state index contributed by atoms with van der Waals surface area (Å²) in [6.45, 7) is 0.680. The molecule has 0 saturated heterocycles. The summed E-state index contributed by atoms with van der Waals surface area (Å²) in [6.07, 6.45) is 4.05. The molecule has 3 rings (SSSR count). The largest absolute Gasteiger partial charge is 0.493 e. The van der Waals surface area contributed by atoms with Gasteiger partial charge < -0.3 is 25.2 Å². The fraction of sp³-hybridized carbons (Fsp3) is 0.250. The van der Waals surface area contributed by atoms with Crippen LogP contribution < -0.4 is 20.1 Å². The Morgan fingerprint density at radius 1 is 0.964 bits per heavy atom. The minimum absolute atomic E-state index is 0.105. The lowest BCUT2D eigenvalue weighted by molar-refractivity contribution is 0.292. The van der Waals surface area contributed by atoms with Crippen LogP contribution in [0.3, 0.4) is 0 Å². The van der Waals surface area contributed by atoms with Gasteiger partial charge in [0.25, 0.3) is 0 Å². The first-order valence-electron chi connectivity index (χ1n) is 8.86. The van der Waals surface area contributed by atoms with Crippen LogP contribution >= 0.6 is 0 Å². The Hall–Kier alpha value is -3.39. The number of hydrogen-bond donors (Lipinski definition) is 3. The van der Waals surface area contributed by atoms with Crippen molar-refractivity contribution in [2.45, 2.75) is 6.42 Å². The topological polar surface area (TPSA) is 101 Å². The molecule has 0 radical (unpaired) electrons. The van der Waals surface area contributed by atoms with Crippen LogP contribution in [0.1, 0.15) is 6.42 Å². The van der Waals surface area contributed by atoms with Gasteiger partial charge >= 0.3 is 0 Å². The second kappa shape index (κ2) is 9.52. The summed E-state index contributed by atoms with van der Waals surface area (Å²) in [5, 5.41) is 15.4. The van der Waals surface area contributed by atoms with Gasteiger partial charge in [0.05, 0.1) is 19.9 Å². The quantitative estimate of drug-likeness (QED) is 0.486. The molecule has 0 saturated carbocycles. The van der Waals surface area contributed by atoms with Crippen LogP contribution in [0.2, 0.25) is 0 Å². The van der Waals surface area contributed by atoms with E-state index in [9.17, 15) is 0 Å².